The fourth-order valence-corrected chi connectivity index (χ4v) is 1.32. The topological polar surface area (TPSA) is 20.2 Å². The lowest BCUT2D eigenvalue weighted by atomic mass is 10.3. The highest BCUT2D eigenvalue weighted by atomic mass is 32.1. The van der Waals surface area contributed by atoms with Gasteiger partial charge in [0.25, 0.3) is 0 Å². The van der Waals surface area contributed by atoms with Crippen LogP contribution in [0.5, 0.6) is 5.06 Å². The van der Waals surface area contributed by atoms with E-state index in [0.717, 1.165) is 0 Å². The molecule has 1 aromatic heterocycles. The van der Waals surface area contributed by atoms with Crippen LogP contribution in [-0.4, -0.2) is 5.11 Å². The summed E-state index contributed by atoms with van der Waals surface area (Å²) < 4.78 is 0. The van der Waals surface area contributed by atoms with E-state index >= 15 is 0 Å². The Labute approximate surface area is 52.6 Å². The summed E-state index contributed by atoms with van der Waals surface area (Å²) >= 11 is 1.42. The second-order valence-electron chi connectivity index (χ2n) is 1.82. The van der Waals surface area contributed by atoms with Crippen molar-refractivity contribution >= 4 is 11.3 Å². The highest BCUT2D eigenvalue weighted by Crippen LogP contribution is 2.25. The van der Waals surface area contributed by atoms with Crippen molar-refractivity contribution in [2.75, 3.05) is 0 Å². The van der Waals surface area contributed by atoms with Gasteiger partial charge in [0.15, 0.2) is 5.06 Å². The molecule has 1 nitrogen and oxygen atoms in total. The molecule has 0 saturated carbocycles. The highest BCUT2D eigenvalue weighted by Gasteiger charge is 1.96. The van der Waals surface area contributed by atoms with Gasteiger partial charge in [0.1, 0.15) is 0 Å². The maximum Gasteiger partial charge on any atom is 0.171 e. The normalized spacial score (nSPS) is 9.75. The predicted octanol–water partition coefficient (Wildman–Crippen LogP) is 2.07. The maximum atomic E-state index is 8.85. The lowest BCUT2D eigenvalue weighted by Gasteiger charge is -1.79. The average molecular weight is 128 g/mol. The SMILES string of the molecule is Cc1cc(O)sc1C. The van der Waals surface area contributed by atoms with Crippen LogP contribution in [0, 0.1) is 13.8 Å². The third kappa shape index (κ3) is 0.842. The van der Waals surface area contributed by atoms with Crippen LogP contribution < -0.4 is 0 Å². The van der Waals surface area contributed by atoms with E-state index in [4.69, 9.17) is 5.11 Å². The Balaban J connectivity index is 3.14. The van der Waals surface area contributed by atoms with E-state index in [9.17, 15) is 0 Å². The predicted molar refractivity (Wildman–Crippen MR) is 35.5 cm³/mol. The number of rotatable bonds is 0. The van der Waals surface area contributed by atoms with Crippen LogP contribution in [0.3, 0.4) is 0 Å². The minimum absolute atomic E-state index is 0.417. The van der Waals surface area contributed by atoms with E-state index in [2.05, 4.69) is 0 Å². The Morgan fingerprint density at radius 3 is 2.25 bits per heavy atom. The lowest BCUT2D eigenvalue weighted by molar-refractivity contribution is 0.490. The molecule has 1 N–H and O–H groups in total. The van der Waals surface area contributed by atoms with Crippen LogP contribution in [0.2, 0.25) is 0 Å². The van der Waals surface area contributed by atoms with Gasteiger partial charge in [-0.05, 0) is 25.5 Å². The zero-order chi connectivity index (χ0) is 6.15. The quantitative estimate of drug-likeness (QED) is 0.567. The molecule has 0 radical (unpaired) electrons. The molecule has 1 rings (SSSR count). The summed E-state index contributed by atoms with van der Waals surface area (Å²) in [4.78, 5) is 1.20. The third-order valence-electron chi connectivity index (χ3n) is 1.15. The Hall–Kier alpha value is -0.500. The summed E-state index contributed by atoms with van der Waals surface area (Å²) in [5.41, 5.74) is 1.17. The first-order valence-electron chi connectivity index (χ1n) is 2.46. The maximum absolute atomic E-state index is 8.85. The van der Waals surface area contributed by atoms with Crippen LogP contribution in [0.1, 0.15) is 10.4 Å². The number of hydrogen-bond donors (Lipinski definition) is 1. The van der Waals surface area contributed by atoms with Crippen molar-refractivity contribution in [3.05, 3.63) is 16.5 Å². The van der Waals surface area contributed by atoms with Gasteiger partial charge in [-0.3, -0.25) is 0 Å². The molecule has 8 heavy (non-hydrogen) atoms. The van der Waals surface area contributed by atoms with E-state index in [1.807, 2.05) is 13.8 Å². The zero-order valence-corrected chi connectivity index (χ0v) is 5.75. The van der Waals surface area contributed by atoms with Crippen molar-refractivity contribution in [1.82, 2.24) is 0 Å². The molecule has 0 amide bonds. The van der Waals surface area contributed by atoms with Gasteiger partial charge in [-0.1, -0.05) is 0 Å². The monoisotopic (exact) mass is 128 g/mol. The number of aromatic hydroxyl groups is 1. The van der Waals surface area contributed by atoms with Crippen molar-refractivity contribution < 1.29 is 5.11 Å². The van der Waals surface area contributed by atoms with Crippen molar-refractivity contribution in [2.24, 2.45) is 0 Å². The number of thiophene rings is 1. The molecule has 1 heterocycles. The molecule has 2 heteroatoms. The molecular formula is C6H8OS. The minimum atomic E-state index is 0.417. The molecular weight excluding hydrogens is 120 g/mol. The van der Waals surface area contributed by atoms with Gasteiger partial charge in [-0.15, -0.1) is 11.3 Å². The molecule has 0 atom stereocenters. The van der Waals surface area contributed by atoms with E-state index in [0.29, 0.717) is 5.06 Å². The van der Waals surface area contributed by atoms with Crippen LogP contribution in [0.25, 0.3) is 0 Å². The standard InChI is InChI=1S/C6H8OS/c1-4-3-6(7)8-5(4)2/h3,7H,1-2H3. The molecule has 0 spiro atoms. The van der Waals surface area contributed by atoms with Crippen LogP contribution in [-0.2, 0) is 0 Å². The molecule has 0 aromatic carbocycles. The van der Waals surface area contributed by atoms with E-state index in [1.165, 1.54) is 21.8 Å². The van der Waals surface area contributed by atoms with Gasteiger partial charge >= 0.3 is 0 Å². The minimum Gasteiger partial charge on any atom is -0.499 e. The second-order valence-corrected chi connectivity index (χ2v) is 3.06. The van der Waals surface area contributed by atoms with Crippen molar-refractivity contribution in [3.63, 3.8) is 0 Å². The van der Waals surface area contributed by atoms with Gasteiger partial charge < -0.3 is 5.11 Å². The Morgan fingerprint density at radius 2 is 2.12 bits per heavy atom. The Morgan fingerprint density at radius 1 is 1.50 bits per heavy atom. The first-order chi connectivity index (χ1) is 3.70. The fraction of sp³-hybridized carbons (Fsp3) is 0.333. The summed E-state index contributed by atoms with van der Waals surface area (Å²) in [5.74, 6) is 0. The molecule has 1 aromatic rings. The highest BCUT2D eigenvalue weighted by molar-refractivity contribution is 7.13. The van der Waals surface area contributed by atoms with Crippen molar-refractivity contribution in [2.45, 2.75) is 13.8 Å². The molecule has 0 aliphatic heterocycles. The van der Waals surface area contributed by atoms with Crippen molar-refractivity contribution in [3.8, 4) is 5.06 Å². The summed E-state index contributed by atoms with van der Waals surface area (Å²) in [7, 11) is 0. The molecule has 0 aliphatic rings. The lowest BCUT2D eigenvalue weighted by Crippen LogP contribution is -1.61. The number of hydrogen-bond acceptors (Lipinski definition) is 2. The largest absolute Gasteiger partial charge is 0.499 e. The first-order valence-corrected chi connectivity index (χ1v) is 3.28. The average Bonchev–Trinajstić information content (AvgIpc) is 1.85. The summed E-state index contributed by atoms with van der Waals surface area (Å²) in [6.45, 7) is 3.99. The molecule has 44 valence electrons. The van der Waals surface area contributed by atoms with Crippen LogP contribution in [0.4, 0.5) is 0 Å². The van der Waals surface area contributed by atoms with Gasteiger partial charge in [0, 0.05) is 4.88 Å². The van der Waals surface area contributed by atoms with Gasteiger partial charge in [-0.25, -0.2) is 0 Å². The number of aryl methyl sites for hydroxylation is 2. The molecule has 0 fully saturated rings. The molecule has 0 aliphatic carbocycles. The molecule has 0 saturated heterocycles. The fourth-order valence-electron chi connectivity index (χ4n) is 0.554. The summed E-state index contributed by atoms with van der Waals surface area (Å²) in [6.07, 6.45) is 0. The third-order valence-corrected chi connectivity index (χ3v) is 2.11. The Kier molecular flexibility index (Phi) is 1.26. The van der Waals surface area contributed by atoms with E-state index < -0.39 is 0 Å². The molecule has 0 bridgehead atoms. The van der Waals surface area contributed by atoms with Gasteiger partial charge in [0.05, 0.1) is 0 Å². The van der Waals surface area contributed by atoms with E-state index in [1.54, 1.807) is 6.07 Å². The molecule has 0 unspecified atom stereocenters. The second kappa shape index (κ2) is 1.78. The Bertz CT molecular complexity index is 171. The summed E-state index contributed by atoms with van der Waals surface area (Å²) in [5, 5.41) is 9.27. The van der Waals surface area contributed by atoms with Crippen molar-refractivity contribution in [1.29, 1.82) is 0 Å². The smallest absolute Gasteiger partial charge is 0.171 e. The summed E-state index contributed by atoms with van der Waals surface area (Å²) in [6, 6.07) is 1.78. The first kappa shape index (κ1) is 5.63. The van der Waals surface area contributed by atoms with Crippen LogP contribution in [0.15, 0.2) is 6.07 Å². The van der Waals surface area contributed by atoms with E-state index in [-0.39, 0.29) is 0 Å². The van der Waals surface area contributed by atoms with Gasteiger partial charge in [-0.2, -0.15) is 0 Å². The van der Waals surface area contributed by atoms with Gasteiger partial charge in [0.2, 0.25) is 0 Å². The van der Waals surface area contributed by atoms with Crippen LogP contribution >= 0.6 is 11.3 Å². The zero-order valence-electron chi connectivity index (χ0n) is 4.93.